The van der Waals surface area contributed by atoms with E-state index in [0.717, 1.165) is 23.1 Å². The molecule has 10 nitrogen and oxygen atoms in total. The van der Waals surface area contributed by atoms with Gasteiger partial charge < -0.3 is 30.3 Å². The van der Waals surface area contributed by atoms with Gasteiger partial charge in [-0.1, -0.05) is 72.8 Å². The van der Waals surface area contributed by atoms with Crippen molar-refractivity contribution in [3.05, 3.63) is 114 Å². The van der Waals surface area contributed by atoms with Crippen LogP contribution in [-0.4, -0.2) is 79.4 Å². The third kappa shape index (κ3) is 5.75. The highest BCUT2D eigenvalue weighted by atomic mass is 19.1. The van der Waals surface area contributed by atoms with Gasteiger partial charge in [0.05, 0.1) is 12.9 Å². The Kier molecular flexibility index (Phi) is 8.16. The molecule has 7 rings (SSSR count). The van der Waals surface area contributed by atoms with Gasteiger partial charge in [0.2, 0.25) is 5.95 Å². The van der Waals surface area contributed by atoms with Gasteiger partial charge in [-0.3, -0.25) is 4.57 Å². The van der Waals surface area contributed by atoms with Gasteiger partial charge in [-0.05, 0) is 35.2 Å². The summed E-state index contributed by atoms with van der Waals surface area (Å²) in [5.41, 5.74) is 4.29. The van der Waals surface area contributed by atoms with E-state index < -0.39 is 31.1 Å². The number of nitrogens with zero attached hydrogens (tertiary/aromatic N) is 5. The number of aliphatic hydroxyl groups excluding tert-OH is 3. The molecule has 4 heterocycles. The maximum Gasteiger partial charge on any atom is 0.229 e. The number of imidazole rings is 1. The summed E-state index contributed by atoms with van der Waals surface area (Å²) in [6, 6.07) is 27.2. The fraction of sp³-hybridized carbons (Fsp3) is 0.324. The number of halogens is 1. The van der Waals surface area contributed by atoms with Crippen LogP contribution in [0.2, 0.25) is 0 Å². The third-order valence-corrected chi connectivity index (χ3v) is 8.89. The van der Waals surface area contributed by atoms with Crippen molar-refractivity contribution in [1.82, 2.24) is 19.5 Å². The molecule has 0 spiro atoms. The zero-order chi connectivity index (χ0) is 30.9. The van der Waals surface area contributed by atoms with Gasteiger partial charge in [0.25, 0.3) is 0 Å². The summed E-state index contributed by atoms with van der Waals surface area (Å²) in [4.78, 5) is 16.6. The predicted octanol–water partition coefficient (Wildman–Crippen LogP) is 3.81. The van der Waals surface area contributed by atoms with E-state index >= 15 is 0 Å². The van der Waals surface area contributed by atoms with Gasteiger partial charge in [0.15, 0.2) is 23.2 Å². The van der Waals surface area contributed by atoms with Crippen LogP contribution in [0.3, 0.4) is 0 Å². The molecule has 232 valence electrons. The monoisotopic (exact) mass is 610 g/mol. The van der Waals surface area contributed by atoms with E-state index in [1.54, 1.807) is 4.57 Å². The highest BCUT2D eigenvalue weighted by Crippen LogP contribution is 2.35. The minimum atomic E-state index is -1.29. The quantitative estimate of drug-likeness (QED) is 0.197. The molecule has 5 aromatic rings. The first-order valence-corrected chi connectivity index (χ1v) is 15.2. The van der Waals surface area contributed by atoms with E-state index in [4.69, 9.17) is 14.7 Å². The molecule has 2 aromatic heterocycles. The van der Waals surface area contributed by atoms with Crippen molar-refractivity contribution in [3.63, 3.8) is 0 Å². The molecule has 2 fully saturated rings. The third-order valence-electron chi connectivity index (χ3n) is 8.89. The first kappa shape index (κ1) is 29.3. The molecule has 2 aliphatic rings. The van der Waals surface area contributed by atoms with E-state index in [2.05, 4.69) is 39.5 Å². The smallest absolute Gasteiger partial charge is 0.229 e. The average Bonchev–Trinajstić information content (AvgIpc) is 3.81. The van der Waals surface area contributed by atoms with Crippen LogP contribution in [0.15, 0.2) is 91.3 Å². The van der Waals surface area contributed by atoms with Crippen molar-refractivity contribution in [1.29, 1.82) is 0 Å². The molecule has 2 saturated heterocycles. The molecular weight excluding hydrogens is 575 g/mol. The molecule has 11 heteroatoms. The molecule has 0 saturated carbocycles. The molecule has 0 radical (unpaired) electrons. The number of nitrogens with one attached hydrogen (secondary N) is 1. The van der Waals surface area contributed by atoms with Gasteiger partial charge in [-0.25, -0.2) is 9.37 Å². The largest absolute Gasteiger partial charge is 0.394 e. The Hall–Kier alpha value is -4.42. The van der Waals surface area contributed by atoms with Crippen LogP contribution >= 0.6 is 0 Å². The zero-order valence-corrected chi connectivity index (χ0v) is 24.5. The second-order valence-corrected chi connectivity index (χ2v) is 11.7. The molecule has 4 N–H and O–H groups in total. The van der Waals surface area contributed by atoms with Crippen molar-refractivity contribution in [3.8, 4) is 0 Å². The number of benzene rings is 3. The number of anilines is 2. The molecule has 0 amide bonds. The first-order chi connectivity index (χ1) is 22.0. The Bertz CT molecular complexity index is 1700. The molecule has 0 bridgehead atoms. The van der Waals surface area contributed by atoms with Crippen LogP contribution in [-0.2, 0) is 4.74 Å². The van der Waals surface area contributed by atoms with Crippen molar-refractivity contribution >= 4 is 22.9 Å². The SMILES string of the molecule is OC[C@H]1O[C@@H](n2cnc3c(NCC(c4ccccc4)c4ccccc4)nc(N4CC[C@H](c5ccc(F)cc5)C4)nc32)[C@H](O)[C@@H]1O. The van der Waals surface area contributed by atoms with Crippen molar-refractivity contribution in [2.45, 2.75) is 42.8 Å². The van der Waals surface area contributed by atoms with E-state index in [0.29, 0.717) is 42.6 Å². The van der Waals surface area contributed by atoms with Gasteiger partial charge in [-0.15, -0.1) is 0 Å². The van der Waals surface area contributed by atoms with E-state index in [1.165, 1.54) is 18.5 Å². The Morgan fingerprint density at radius 1 is 0.911 bits per heavy atom. The maximum absolute atomic E-state index is 13.6. The normalized spacial score (nSPS) is 23.3. The van der Waals surface area contributed by atoms with Crippen molar-refractivity contribution in [2.75, 3.05) is 36.5 Å². The van der Waals surface area contributed by atoms with Crippen molar-refractivity contribution < 1.29 is 24.4 Å². The number of fused-ring (bicyclic) bond motifs is 1. The fourth-order valence-corrected chi connectivity index (χ4v) is 6.41. The summed E-state index contributed by atoms with van der Waals surface area (Å²) in [6.07, 6.45) is -2.10. The van der Waals surface area contributed by atoms with Crippen LogP contribution in [0.4, 0.5) is 16.2 Å². The number of rotatable bonds is 9. The lowest BCUT2D eigenvalue weighted by molar-refractivity contribution is -0.0511. The summed E-state index contributed by atoms with van der Waals surface area (Å²) < 4.78 is 21.0. The molecule has 0 aliphatic carbocycles. The lowest BCUT2D eigenvalue weighted by Crippen LogP contribution is -2.33. The van der Waals surface area contributed by atoms with Gasteiger partial charge in [0.1, 0.15) is 24.1 Å². The minimum Gasteiger partial charge on any atom is -0.394 e. The zero-order valence-electron chi connectivity index (χ0n) is 24.5. The van der Waals surface area contributed by atoms with Crippen LogP contribution < -0.4 is 10.2 Å². The minimum absolute atomic E-state index is 0.0260. The summed E-state index contributed by atoms with van der Waals surface area (Å²) in [5.74, 6) is 0.965. The van der Waals surface area contributed by atoms with Crippen molar-refractivity contribution in [2.24, 2.45) is 0 Å². The molecule has 2 aliphatic heterocycles. The van der Waals surface area contributed by atoms with Crippen LogP contribution in [0, 0.1) is 5.82 Å². The lowest BCUT2D eigenvalue weighted by atomic mass is 9.91. The van der Waals surface area contributed by atoms with Gasteiger partial charge in [-0.2, -0.15) is 9.97 Å². The number of aliphatic hydroxyl groups is 3. The highest BCUT2D eigenvalue weighted by molar-refractivity contribution is 5.84. The molecule has 3 aromatic carbocycles. The Morgan fingerprint density at radius 2 is 1.60 bits per heavy atom. The highest BCUT2D eigenvalue weighted by Gasteiger charge is 2.44. The van der Waals surface area contributed by atoms with Gasteiger partial charge in [0, 0.05) is 31.5 Å². The molecule has 5 atom stereocenters. The number of hydrogen-bond acceptors (Lipinski definition) is 9. The number of ether oxygens (including phenoxy) is 1. The topological polar surface area (TPSA) is 129 Å². The predicted molar refractivity (Wildman–Crippen MR) is 168 cm³/mol. The van der Waals surface area contributed by atoms with E-state index in [1.807, 2.05) is 48.5 Å². The Labute approximate surface area is 259 Å². The molecule has 0 unspecified atom stereocenters. The number of hydrogen-bond donors (Lipinski definition) is 4. The average molecular weight is 611 g/mol. The standard InChI is InChI=1S/C34H35FN6O4/c35-25-13-11-21(12-14-25)24-15-16-40(18-24)34-38-31(36-17-26(22-7-3-1-4-8-22)23-9-5-2-6-10-23)28-32(39-34)41(20-37-28)33-30(44)29(43)27(19-42)45-33/h1-14,20,24,26-27,29-30,33,42-44H,15-19H2,(H,36,38,39)/t24-,27+,29+,30+,33+/m0/s1. The second-order valence-electron chi connectivity index (χ2n) is 11.7. The van der Waals surface area contributed by atoms with Crippen LogP contribution in [0.25, 0.3) is 11.2 Å². The molecule has 45 heavy (non-hydrogen) atoms. The molecular formula is C34H35FN6O4. The van der Waals surface area contributed by atoms with Gasteiger partial charge >= 0.3 is 0 Å². The number of aromatic nitrogens is 4. The van der Waals surface area contributed by atoms with E-state index in [-0.39, 0.29) is 17.7 Å². The summed E-state index contributed by atoms with van der Waals surface area (Å²) in [6.45, 7) is 1.44. The Balaban J connectivity index is 1.25. The summed E-state index contributed by atoms with van der Waals surface area (Å²) in [5, 5.41) is 34.5. The van der Waals surface area contributed by atoms with E-state index in [9.17, 15) is 19.7 Å². The summed E-state index contributed by atoms with van der Waals surface area (Å²) >= 11 is 0. The second kappa shape index (κ2) is 12.5. The van der Waals surface area contributed by atoms with Crippen LogP contribution in [0.1, 0.15) is 41.2 Å². The maximum atomic E-state index is 13.6. The summed E-state index contributed by atoms with van der Waals surface area (Å²) in [7, 11) is 0. The first-order valence-electron chi connectivity index (χ1n) is 15.2. The Morgan fingerprint density at radius 3 is 2.24 bits per heavy atom. The van der Waals surface area contributed by atoms with Crippen LogP contribution in [0.5, 0.6) is 0 Å². The lowest BCUT2D eigenvalue weighted by Gasteiger charge is -2.22. The fourth-order valence-electron chi connectivity index (χ4n) is 6.41.